The highest BCUT2D eigenvalue weighted by Crippen LogP contribution is 2.27. The van der Waals surface area contributed by atoms with E-state index in [1.54, 1.807) is 24.1 Å². The number of carbonyl (C=O) groups excluding carboxylic acids is 1. The number of rotatable bonds is 4. The van der Waals surface area contributed by atoms with E-state index in [9.17, 15) is 4.79 Å². The van der Waals surface area contributed by atoms with Gasteiger partial charge in [0.2, 0.25) is 0 Å². The molecule has 1 aliphatic heterocycles. The number of amides is 2. The Labute approximate surface area is 181 Å². The van der Waals surface area contributed by atoms with Crippen LogP contribution in [0.15, 0.2) is 36.4 Å². The molecule has 0 unspecified atom stereocenters. The van der Waals surface area contributed by atoms with Gasteiger partial charge in [-0.3, -0.25) is 5.32 Å². The number of urea groups is 1. The number of ether oxygens (including phenoxy) is 2. The fraction of sp³-hybridized carbons (Fsp3) is 0.348. The van der Waals surface area contributed by atoms with Crippen molar-refractivity contribution in [3.8, 4) is 11.6 Å². The molecular formula is C23H27N5O3. The van der Waals surface area contributed by atoms with Gasteiger partial charge in [0.05, 0.1) is 25.3 Å². The summed E-state index contributed by atoms with van der Waals surface area (Å²) in [7, 11) is 3.11. The normalized spacial score (nSPS) is 13.9. The molecule has 1 saturated heterocycles. The van der Waals surface area contributed by atoms with Crippen LogP contribution in [0, 0.1) is 13.8 Å². The van der Waals surface area contributed by atoms with Crippen LogP contribution in [0.25, 0.3) is 11.0 Å². The average Bonchev–Trinajstić information content (AvgIpc) is 2.78. The summed E-state index contributed by atoms with van der Waals surface area (Å²) in [6, 6.07) is 11.5. The van der Waals surface area contributed by atoms with Crippen molar-refractivity contribution in [1.29, 1.82) is 0 Å². The Morgan fingerprint density at radius 1 is 0.935 bits per heavy atom. The van der Waals surface area contributed by atoms with Gasteiger partial charge in [-0.25, -0.2) is 14.8 Å². The number of fused-ring (bicyclic) bond motifs is 1. The summed E-state index contributed by atoms with van der Waals surface area (Å²) in [5.74, 6) is 1.26. The van der Waals surface area contributed by atoms with E-state index in [0.29, 0.717) is 35.7 Å². The molecule has 2 aromatic carbocycles. The molecule has 1 aromatic heterocycles. The van der Waals surface area contributed by atoms with Crippen LogP contribution in [-0.4, -0.2) is 61.3 Å². The molecule has 3 aromatic rings. The Morgan fingerprint density at radius 2 is 1.65 bits per heavy atom. The van der Waals surface area contributed by atoms with Crippen molar-refractivity contribution in [2.45, 2.75) is 13.8 Å². The summed E-state index contributed by atoms with van der Waals surface area (Å²) < 4.78 is 10.6. The lowest BCUT2D eigenvalue weighted by atomic mass is 10.1. The van der Waals surface area contributed by atoms with Crippen LogP contribution < -0.4 is 19.7 Å². The van der Waals surface area contributed by atoms with E-state index in [1.165, 1.54) is 23.9 Å². The Kier molecular flexibility index (Phi) is 5.79. The summed E-state index contributed by atoms with van der Waals surface area (Å²) in [4.78, 5) is 26.0. The minimum Gasteiger partial charge on any atom is -0.497 e. The highest BCUT2D eigenvalue weighted by molar-refractivity contribution is 5.91. The molecule has 1 aliphatic rings. The highest BCUT2D eigenvalue weighted by Gasteiger charge is 2.24. The van der Waals surface area contributed by atoms with Gasteiger partial charge in [0, 0.05) is 37.9 Å². The number of aromatic nitrogens is 2. The molecule has 0 spiro atoms. The van der Waals surface area contributed by atoms with Gasteiger partial charge in [-0.2, -0.15) is 0 Å². The smallest absolute Gasteiger partial charge is 0.323 e. The third kappa shape index (κ3) is 4.19. The second kappa shape index (κ2) is 8.67. The Morgan fingerprint density at radius 3 is 2.29 bits per heavy atom. The molecule has 1 N–H and O–H groups in total. The lowest BCUT2D eigenvalue weighted by molar-refractivity contribution is 0.208. The maximum absolute atomic E-state index is 12.9. The van der Waals surface area contributed by atoms with E-state index >= 15 is 0 Å². The number of hydrogen-bond donors (Lipinski definition) is 1. The van der Waals surface area contributed by atoms with Crippen molar-refractivity contribution in [2.24, 2.45) is 0 Å². The van der Waals surface area contributed by atoms with Crippen LogP contribution in [0.5, 0.6) is 11.6 Å². The monoisotopic (exact) mass is 421 g/mol. The Bertz CT molecular complexity index is 1090. The number of hydrogen-bond acceptors (Lipinski definition) is 6. The fourth-order valence-corrected chi connectivity index (χ4v) is 3.99. The highest BCUT2D eigenvalue weighted by atomic mass is 16.5. The van der Waals surface area contributed by atoms with Crippen molar-refractivity contribution in [3.05, 3.63) is 47.5 Å². The van der Waals surface area contributed by atoms with Gasteiger partial charge in [0.25, 0.3) is 5.88 Å². The quantitative estimate of drug-likeness (QED) is 0.693. The summed E-state index contributed by atoms with van der Waals surface area (Å²) in [5.41, 5.74) is 5.06. The molecule has 31 heavy (non-hydrogen) atoms. The summed E-state index contributed by atoms with van der Waals surface area (Å²) >= 11 is 0. The molecule has 2 amide bonds. The SMILES string of the molecule is COc1ccc2nc(NC(=O)N3CCN(c4c(C)cccc4C)CC3)c(OC)nc2c1. The van der Waals surface area contributed by atoms with Crippen LogP contribution in [0.1, 0.15) is 11.1 Å². The molecule has 0 bridgehead atoms. The molecular weight excluding hydrogens is 394 g/mol. The number of benzene rings is 2. The molecule has 0 aliphatic carbocycles. The number of nitrogens with one attached hydrogen (secondary N) is 1. The zero-order valence-corrected chi connectivity index (χ0v) is 18.3. The predicted octanol–water partition coefficient (Wildman–Crippen LogP) is 3.62. The summed E-state index contributed by atoms with van der Waals surface area (Å²) in [6.45, 7) is 7.06. The van der Waals surface area contributed by atoms with E-state index < -0.39 is 0 Å². The number of methoxy groups -OCH3 is 2. The van der Waals surface area contributed by atoms with Crippen LogP contribution in [0.3, 0.4) is 0 Å². The number of anilines is 2. The van der Waals surface area contributed by atoms with E-state index in [4.69, 9.17) is 9.47 Å². The van der Waals surface area contributed by atoms with E-state index in [-0.39, 0.29) is 11.9 Å². The van der Waals surface area contributed by atoms with Crippen LogP contribution in [0.4, 0.5) is 16.3 Å². The number of para-hydroxylation sites is 1. The molecule has 0 saturated carbocycles. The molecule has 1 fully saturated rings. The van der Waals surface area contributed by atoms with Gasteiger partial charge in [-0.05, 0) is 37.1 Å². The van der Waals surface area contributed by atoms with Crippen LogP contribution >= 0.6 is 0 Å². The van der Waals surface area contributed by atoms with Crippen molar-refractivity contribution in [2.75, 3.05) is 50.6 Å². The molecule has 0 radical (unpaired) electrons. The summed E-state index contributed by atoms with van der Waals surface area (Å²) in [5, 5.41) is 2.87. The van der Waals surface area contributed by atoms with E-state index in [2.05, 4.69) is 52.2 Å². The van der Waals surface area contributed by atoms with Gasteiger partial charge in [-0.15, -0.1) is 0 Å². The van der Waals surface area contributed by atoms with Gasteiger partial charge in [0.15, 0.2) is 5.82 Å². The topological polar surface area (TPSA) is 79.8 Å². The Hall–Kier alpha value is -3.55. The maximum atomic E-state index is 12.9. The first-order chi connectivity index (χ1) is 15.0. The van der Waals surface area contributed by atoms with Gasteiger partial charge >= 0.3 is 6.03 Å². The molecule has 8 nitrogen and oxygen atoms in total. The lowest BCUT2D eigenvalue weighted by Crippen LogP contribution is -2.50. The number of carbonyl (C=O) groups is 1. The third-order valence-corrected chi connectivity index (χ3v) is 5.58. The average molecular weight is 422 g/mol. The zero-order chi connectivity index (χ0) is 22.0. The first-order valence-corrected chi connectivity index (χ1v) is 10.3. The maximum Gasteiger partial charge on any atom is 0.323 e. The standard InChI is InChI=1S/C23H27N5O3/c1-15-6-5-7-16(2)20(15)27-10-12-28(13-11-27)23(29)26-21-22(31-4)25-19-14-17(30-3)8-9-18(19)24-21/h5-9,14H,10-13H2,1-4H3,(H,24,26,29). The predicted molar refractivity (Wildman–Crippen MR) is 121 cm³/mol. The van der Waals surface area contributed by atoms with Crippen molar-refractivity contribution < 1.29 is 14.3 Å². The lowest BCUT2D eigenvalue weighted by Gasteiger charge is -2.37. The third-order valence-electron chi connectivity index (χ3n) is 5.58. The molecule has 0 atom stereocenters. The van der Waals surface area contributed by atoms with E-state index in [0.717, 1.165) is 13.1 Å². The van der Waals surface area contributed by atoms with Crippen LogP contribution in [0.2, 0.25) is 0 Å². The minimum atomic E-state index is -0.207. The van der Waals surface area contributed by atoms with Gasteiger partial charge in [-0.1, -0.05) is 18.2 Å². The van der Waals surface area contributed by atoms with E-state index in [1.807, 2.05) is 6.07 Å². The second-order valence-corrected chi connectivity index (χ2v) is 7.58. The number of piperazine rings is 1. The van der Waals surface area contributed by atoms with Crippen molar-refractivity contribution in [3.63, 3.8) is 0 Å². The molecule has 8 heteroatoms. The zero-order valence-electron chi connectivity index (χ0n) is 18.3. The first-order valence-electron chi connectivity index (χ1n) is 10.3. The molecule has 162 valence electrons. The number of aryl methyl sites for hydroxylation is 2. The first kappa shape index (κ1) is 20.7. The molecule has 2 heterocycles. The second-order valence-electron chi connectivity index (χ2n) is 7.58. The van der Waals surface area contributed by atoms with Gasteiger partial charge in [0.1, 0.15) is 5.75 Å². The number of nitrogens with zero attached hydrogens (tertiary/aromatic N) is 4. The minimum absolute atomic E-state index is 0.207. The van der Waals surface area contributed by atoms with Crippen LogP contribution in [-0.2, 0) is 0 Å². The fourth-order valence-electron chi connectivity index (χ4n) is 3.99. The van der Waals surface area contributed by atoms with Crippen molar-refractivity contribution >= 4 is 28.6 Å². The summed E-state index contributed by atoms with van der Waals surface area (Å²) in [6.07, 6.45) is 0. The van der Waals surface area contributed by atoms with Crippen molar-refractivity contribution in [1.82, 2.24) is 14.9 Å². The largest absolute Gasteiger partial charge is 0.497 e. The Balaban J connectivity index is 1.47. The molecule has 4 rings (SSSR count). The van der Waals surface area contributed by atoms with Gasteiger partial charge < -0.3 is 19.3 Å².